The Labute approximate surface area is 135 Å². The largest absolute Gasteiger partial charge is 0.507 e. The van der Waals surface area contributed by atoms with Crippen LogP contribution in [0.15, 0.2) is 48.0 Å². The van der Waals surface area contributed by atoms with Crippen LogP contribution in [0.2, 0.25) is 0 Å². The zero-order valence-corrected chi connectivity index (χ0v) is 13.2. The van der Waals surface area contributed by atoms with E-state index in [1.165, 1.54) is 0 Å². The van der Waals surface area contributed by atoms with E-state index in [1.54, 1.807) is 12.1 Å². The SMILES string of the molecule is CC(C)=CCc1c(O)cc(O)c(C(=O)Cc2ccccc2)c1O. The summed E-state index contributed by atoms with van der Waals surface area (Å²) < 4.78 is 0. The van der Waals surface area contributed by atoms with E-state index in [2.05, 4.69) is 0 Å². The summed E-state index contributed by atoms with van der Waals surface area (Å²) in [6.45, 7) is 3.80. The predicted molar refractivity (Wildman–Crippen MR) is 89.0 cm³/mol. The summed E-state index contributed by atoms with van der Waals surface area (Å²) in [4.78, 5) is 12.4. The number of phenols is 3. The highest BCUT2D eigenvalue weighted by Gasteiger charge is 2.22. The van der Waals surface area contributed by atoms with Crippen LogP contribution in [0, 0.1) is 0 Å². The summed E-state index contributed by atoms with van der Waals surface area (Å²) in [7, 11) is 0. The number of aromatic hydroxyl groups is 3. The molecule has 0 spiro atoms. The smallest absolute Gasteiger partial charge is 0.174 e. The average Bonchev–Trinajstić information content (AvgIpc) is 2.47. The molecular formula is C19H20O4. The van der Waals surface area contributed by atoms with E-state index in [0.717, 1.165) is 17.2 Å². The van der Waals surface area contributed by atoms with E-state index in [-0.39, 0.29) is 35.5 Å². The summed E-state index contributed by atoms with van der Waals surface area (Å²) >= 11 is 0. The number of ketones is 1. The molecular weight excluding hydrogens is 292 g/mol. The van der Waals surface area contributed by atoms with E-state index in [0.29, 0.717) is 0 Å². The first kappa shape index (κ1) is 16.6. The zero-order valence-electron chi connectivity index (χ0n) is 13.2. The molecule has 4 heteroatoms. The van der Waals surface area contributed by atoms with Gasteiger partial charge in [-0.3, -0.25) is 4.79 Å². The maximum absolute atomic E-state index is 12.4. The van der Waals surface area contributed by atoms with Crippen LogP contribution < -0.4 is 0 Å². The Morgan fingerprint density at radius 3 is 2.30 bits per heavy atom. The second kappa shape index (κ2) is 7.01. The van der Waals surface area contributed by atoms with Gasteiger partial charge in [-0.1, -0.05) is 42.0 Å². The zero-order chi connectivity index (χ0) is 17.0. The van der Waals surface area contributed by atoms with Crippen molar-refractivity contribution < 1.29 is 20.1 Å². The molecule has 0 aliphatic rings. The minimum absolute atomic E-state index is 0.0643. The van der Waals surface area contributed by atoms with Gasteiger partial charge in [0.1, 0.15) is 22.8 Å². The molecule has 2 aromatic rings. The maximum Gasteiger partial charge on any atom is 0.174 e. The number of hydrogen-bond acceptors (Lipinski definition) is 4. The molecule has 0 bridgehead atoms. The van der Waals surface area contributed by atoms with Crippen molar-refractivity contribution in [1.82, 2.24) is 0 Å². The molecule has 0 fully saturated rings. The topological polar surface area (TPSA) is 77.8 Å². The Kier molecular flexibility index (Phi) is 5.06. The molecule has 0 aromatic heterocycles. The lowest BCUT2D eigenvalue weighted by Gasteiger charge is -2.12. The van der Waals surface area contributed by atoms with Crippen LogP contribution in [-0.4, -0.2) is 21.1 Å². The first-order valence-corrected chi connectivity index (χ1v) is 7.37. The predicted octanol–water partition coefficient (Wildman–Crippen LogP) is 3.74. The molecule has 0 heterocycles. The van der Waals surface area contributed by atoms with Crippen LogP contribution in [0.4, 0.5) is 0 Å². The summed E-state index contributed by atoms with van der Waals surface area (Å²) in [5.41, 5.74) is 1.90. The third-order valence-corrected chi connectivity index (χ3v) is 3.56. The summed E-state index contributed by atoms with van der Waals surface area (Å²) in [5.74, 6) is -1.40. The Morgan fingerprint density at radius 2 is 1.70 bits per heavy atom. The van der Waals surface area contributed by atoms with Gasteiger partial charge in [-0.05, 0) is 25.8 Å². The number of hydrogen-bond donors (Lipinski definition) is 3. The number of phenolic OH excluding ortho intramolecular Hbond substituents is 3. The third kappa shape index (κ3) is 3.92. The molecule has 23 heavy (non-hydrogen) atoms. The monoisotopic (exact) mass is 312 g/mol. The number of rotatable bonds is 5. The Morgan fingerprint density at radius 1 is 1.04 bits per heavy atom. The molecule has 120 valence electrons. The molecule has 2 rings (SSSR count). The molecule has 3 N–H and O–H groups in total. The van der Waals surface area contributed by atoms with Crippen molar-refractivity contribution in [2.75, 3.05) is 0 Å². The maximum atomic E-state index is 12.4. The van der Waals surface area contributed by atoms with Gasteiger partial charge < -0.3 is 15.3 Å². The number of allylic oxidation sites excluding steroid dienone is 2. The molecule has 0 atom stereocenters. The first-order valence-electron chi connectivity index (χ1n) is 7.37. The van der Waals surface area contributed by atoms with Gasteiger partial charge >= 0.3 is 0 Å². The molecule has 0 radical (unpaired) electrons. The van der Waals surface area contributed by atoms with E-state index < -0.39 is 11.5 Å². The highest BCUT2D eigenvalue weighted by atomic mass is 16.3. The van der Waals surface area contributed by atoms with E-state index in [4.69, 9.17) is 0 Å². The van der Waals surface area contributed by atoms with Gasteiger partial charge in [0.25, 0.3) is 0 Å². The Balaban J connectivity index is 2.39. The van der Waals surface area contributed by atoms with Crippen molar-refractivity contribution in [3.63, 3.8) is 0 Å². The Hall–Kier alpha value is -2.75. The van der Waals surface area contributed by atoms with Gasteiger partial charge in [-0.25, -0.2) is 0 Å². The number of carbonyl (C=O) groups excluding carboxylic acids is 1. The quantitative estimate of drug-likeness (QED) is 0.580. The number of benzene rings is 2. The van der Waals surface area contributed by atoms with Crippen LogP contribution >= 0.6 is 0 Å². The van der Waals surface area contributed by atoms with Crippen LogP contribution in [0.5, 0.6) is 17.2 Å². The van der Waals surface area contributed by atoms with Crippen LogP contribution in [0.25, 0.3) is 0 Å². The van der Waals surface area contributed by atoms with Gasteiger partial charge in [0.2, 0.25) is 0 Å². The molecule has 0 saturated heterocycles. The molecule has 0 amide bonds. The third-order valence-electron chi connectivity index (χ3n) is 3.56. The first-order chi connectivity index (χ1) is 10.9. The summed E-state index contributed by atoms with van der Waals surface area (Å²) in [6, 6.07) is 10.2. The van der Waals surface area contributed by atoms with Gasteiger partial charge in [-0.15, -0.1) is 0 Å². The number of carbonyl (C=O) groups is 1. The molecule has 0 saturated carbocycles. The Bertz CT molecular complexity index is 742. The van der Waals surface area contributed by atoms with Gasteiger partial charge in [0, 0.05) is 18.1 Å². The van der Waals surface area contributed by atoms with E-state index in [1.807, 2.05) is 38.1 Å². The van der Waals surface area contributed by atoms with E-state index >= 15 is 0 Å². The van der Waals surface area contributed by atoms with Gasteiger partial charge in [0.15, 0.2) is 5.78 Å². The fraction of sp³-hybridized carbons (Fsp3) is 0.211. The standard InChI is InChI=1S/C19H20O4/c1-12(2)8-9-14-15(20)11-17(22)18(19(14)23)16(21)10-13-6-4-3-5-7-13/h3-8,11,20,22-23H,9-10H2,1-2H3. The second-order valence-electron chi connectivity index (χ2n) is 5.69. The minimum Gasteiger partial charge on any atom is -0.507 e. The lowest BCUT2D eigenvalue weighted by Crippen LogP contribution is -2.06. The summed E-state index contributed by atoms with van der Waals surface area (Å²) in [5, 5.41) is 30.2. The minimum atomic E-state index is -0.415. The van der Waals surface area contributed by atoms with Gasteiger partial charge in [-0.2, -0.15) is 0 Å². The van der Waals surface area contributed by atoms with Crippen LogP contribution in [0.3, 0.4) is 0 Å². The molecule has 0 unspecified atom stereocenters. The average molecular weight is 312 g/mol. The molecule has 4 nitrogen and oxygen atoms in total. The van der Waals surface area contributed by atoms with Crippen molar-refractivity contribution >= 4 is 5.78 Å². The fourth-order valence-electron chi connectivity index (χ4n) is 2.33. The molecule has 2 aromatic carbocycles. The fourth-order valence-corrected chi connectivity index (χ4v) is 2.33. The van der Waals surface area contributed by atoms with Gasteiger partial charge in [0.05, 0.1) is 0 Å². The highest BCUT2D eigenvalue weighted by Crippen LogP contribution is 2.38. The van der Waals surface area contributed by atoms with Crippen molar-refractivity contribution in [2.24, 2.45) is 0 Å². The molecule has 0 aliphatic heterocycles. The van der Waals surface area contributed by atoms with Crippen molar-refractivity contribution in [2.45, 2.75) is 26.7 Å². The van der Waals surface area contributed by atoms with Crippen LogP contribution in [-0.2, 0) is 12.8 Å². The second-order valence-corrected chi connectivity index (χ2v) is 5.69. The van der Waals surface area contributed by atoms with Crippen LogP contribution in [0.1, 0.15) is 35.3 Å². The highest BCUT2D eigenvalue weighted by molar-refractivity contribution is 6.03. The lowest BCUT2D eigenvalue weighted by molar-refractivity contribution is 0.0987. The lowest BCUT2D eigenvalue weighted by atomic mass is 9.96. The van der Waals surface area contributed by atoms with Crippen molar-refractivity contribution in [1.29, 1.82) is 0 Å². The summed E-state index contributed by atoms with van der Waals surface area (Å²) in [6.07, 6.45) is 2.18. The normalized spacial score (nSPS) is 10.3. The van der Waals surface area contributed by atoms with Crippen molar-refractivity contribution in [3.05, 3.63) is 64.7 Å². The molecule has 0 aliphatic carbocycles. The van der Waals surface area contributed by atoms with E-state index in [9.17, 15) is 20.1 Å². The number of Topliss-reactive ketones (excluding diaryl/α,β-unsaturated/α-hetero) is 1. The van der Waals surface area contributed by atoms with Crippen molar-refractivity contribution in [3.8, 4) is 17.2 Å².